The van der Waals surface area contributed by atoms with Crippen LogP contribution in [0.1, 0.15) is 15.2 Å². The highest BCUT2D eigenvalue weighted by atomic mass is 32.1. The molecule has 0 radical (unpaired) electrons. The van der Waals surface area contributed by atoms with Gasteiger partial charge in [-0.3, -0.25) is 4.79 Å². The maximum absolute atomic E-state index is 12.4. The van der Waals surface area contributed by atoms with Gasteiger partial charge in [-0.2, -0.15) is 0 Å². The predicted octanol–water partition coefficient (Wildman–Crippen LogP) is 2.66. The summed E-state index contributed by atoms with van der Waals surface area (Å²) in [6.07, 6.45) is 0. The van der Waals surface area contributed by atoms with Gasteiger partial charge in [0.1, 0.15) is 0 Å². The number of benzene rings is 1. The first-order valence-electron chi connectivity index (χ1n) is 5.85. The van der Waals surface area contributed by atoms with Gasteiger partial charge in [0.2, 0.25) is 0 Å². The van der Waals surface area contributed by atoms with E-state index in [-0.39, 0.29) is 5.91 Å². The molecule has 0 bridgehead atoms. The van der Waals surface area contributed by atoms with Gasteiger partial charge in [0.05, 0.1) is 4.88 Å². The number of para-hydroxylation sites is 1. The molecule has 1 aromatic heterocycles. The van der Waals surface area contributed by atoms with Crippen LogP contribution in [0.3, 0.4) is 0 Å². The van der Waals surface area contributed by atoms with Gasteiger partial charge in [0, 0.05) is 18.8 Å². The summed E-state index contributed by atoms with van der Waals surface area (Å²) >= 11 is 1.45. The Hall–Kier alpha value is -1.65. The molecule has 4 heteroatoms. The molecule has 1 aromatic carbocycles. The lowest BCUT2D eigenvalue weighted by atomic mass is 10.1. The first-order valence-corrected chi connectivity index (χ1v) is 6.73. The average Bonchev–Trinajstić information content (AvgIpc) is 2.90. The maximum Gasteiger partial charge on any atom is 0.268 e. The molecule has 0 atom stereocenters. The van der Waals surface area contributed by atoms with E-state index in [1.54, 1.807) is 4.90 Å². The highest BCUT2D eigenvalue weighted by Gasteiger charge is 2.18. The third-order valence-electron chi connectivity index (χ3n) is 2.74. The minimum Gasteiger partial charge on any atom is -0.329 e. The summed E-state index contributed by atoms with van der Waals surface area (Å²) in [6.45, 7) is 2.98. The molecule has 0 saturated heterocycles. The monoisotopic (exact) mass is 260 g/mol. The van der Waals surface area contributed by atoms with E-state index in [1.807, 2.05) is 48.7 Å². The summed E-state index contributed by atoms with van der Waals surface area (Å²) in [5, 5.41) is 1.91. The lowest BCUT2D eigenvalue weighted by Crippen LogP contribution is -2.35. The van der Waals surface area contributed by atoms with Crippen LogP contribution in [0.25, 0.3) is 0 Å². The quantitative estimate of drug-likeness (QED) is 0.918. The van der Waals surface area contributed by atoms with Gasteiger partial charge in [-0.15, -0.1) is 11.3 Å². The van der Waals surface area contributed by atoms with Crippen molar-refractivity contribution in [2.45, 2.75) is 6.92 Å². The zero-order valence-corrected chi connectivity index (χ0v) is 11.1. The molecular formula is C14H16N2OS. The Labute approximate surface area is 111 Å². The van der Waals surface area contributed by atoms with Crippen LogP contribution >= 0.6 is 11.3 Å². The molecule has 0 spiro atoms. The van der Waals surface area contributed by atoms with Crippen LogP contribution in [0, 0.1) is 6.92 Å². The van der Waals surface area contributed by atoms with Crippen molar-refractivity contribution in [2.75, 3.05) is 18.0 Å². The van der Waals surface area contributed by atoms with Crippen LogP contribution < -0.4 is 10.6 Å². The molecule has 0 aliphatic heterocycles. The fraction of sp³-hybridized carbons (Fsp3) is 0.214. The van der Waals surface area contributed by atoms with Crippen LogP contribution in [0.2, 0.25) is 0 Å². The summed E-state index contributed by atoms with van der Waals surface area (Å²) in [7, 11) is 0. The van der Waals surface area contributed by atoms with Crippen LogP contribution in [0.5, 0.6) is 0 Å². The summed E-state index contributed by atoms with van der Waals surface area (Å²) in [5.41, 5.74) is 7.63. The summed E-state index contributed by atoms with van der Waals surface area (Å²) in [4.78, 5) is 14.9. The molecular weight excluding hydrogens is 244 g/mol. The minimum atomic E-state index is 0.0183. The lowest BCUT2D eigenvalue weighted by molar-refractivity contribution is 0.0991. The number of nitrogens with two attached hydrogens (primary N) is 1. The van der Waals surface area contributed by atoms with E-state index in [2.05, 4.69) is 0 Å². The zero-order chi connectivity index (χ0) is 13.0. The SMILES string of the molecule is Cc1ccccc1N(CCN)C(=O)c1cccs1. The van der Waals surface area contributed by atoms with Gasteiger partial charge in [0.25, 0.3) is 5.91 Å². The number of thiophene rings is 1. The molecule has 0 aliphatic rings. The van der Waals surface area contributed by atoms with Gasteiger partial charge >= 0.3 is 0 Å². The smallest absolute Gasteiger partial charge is 0.268 e. The number of rotatable bonds is 4. The minimum absolute atomic E-state index is 0.0183. The van der Waals surface area contributed by atoms with Gasteiger partial charge in [-0.05, 0) is 30.0 Å². The normalized spacial score (nSPS) is 10.3. The summed E-state index contributed by atoms with van der Waals surface area (Å²) in [6, 6.07) is 11.6. The molecule has 3 nitrogen and oxygen atoms in total. The number of nitrogens with zero attached hydrogens (tertiary/aromatic N) is 1. The van der Waals surface area contributed by atoms with Crippen molar-refractivity contribution in [3.8, 4) is 0 Å². The van der Waals surface area contributed by atoms with E-state index in [9.17, 15) is 4.79 Å². The van der Waals surface area contributed by atoms with Crippen LogP contribution in [0.15, 0.2) is 41.8 Å². The second-order valence-electron chi connectivity index (χ2n) is 4.01. The fourth-order valence-electron chi connectivity index (χ4n) is 1.86. The Morgan fingerprint density at radius 3 is 2.67 bits per heavy atom. The maximum atomic E-state index is 12.4. The Balaban J connectivity index is 2.34. The Morgan fingerprint density at radius 2 is 2.06 bits per heavy atom. The lowest BCUT2D eigenvalue weighted by Gasteiger charge is -2.23. The molecule has 2 aromatic rings. The molecule has 18 heavy (non-hydrogen) atoms. The number of carbonyl (C=O) groups excluding carboxylic acids is 1. The highest BCUT2D eigenvalue weighted by Crippen LogP contribution is 2.22. The molecule has 94 valence electrons. The highest BCUT2D eigenvalue weighted by molar-refractivity contribution is 7.12. The van der Waals surface area contributed by atoms with E-state index in [0.717, 1.165) is 16.1 Å². The van der Waals surface area contributed by atoms with Crippen molar-refractivity contribution < 1.29 is 4.79 Å². The largest absolute Gasteiger partial charge is 0.329 e. The van der Waals surface area contributed by atoms with Gasteiger partial charge in [0.15, 0.2) is 0 Å². The van der Waals surface area contributed by atoms with E-state index < -0.39 is 0 Å². The molecule has 0 fully saturated rings. The Morgan fingerprint density at radius 1 is 1.28 bits per heavy atom. The van der Waals surface area contributed by atoms with Crippen molar-refractivity contribution in [2.24, 2.45) is 5.73 Å². The van der Waals surface area contributed by atoms with E-state index in [4.69, 9.17) is 5.73 Å². The number of amides is 1. The van der Waals surface area contributed by atoms with E-state index in [1.165, 1.54) is 11.3 Å². The Kier molecular flexibility index (Phi) is 4.12. The predicted molar refractivity (Wildman–Crippen MR) is 76.2 cm³/mol. The molecule has 0 saturated carbocycles. The van der Waals surface area contributed by atoms with E-state index >= 15 is 0 Å². The first kappa shape index (κ1) is 12.8. The second kappa shape index (κ2) is 5.80. The van der Waals surface area contributed by atoms with Crippen LogP contribution in [0.4, 0.5) is 5.69 Å². The summed E-state index contributed by atoms with van der Waals surface area (Å²) < 4.78 is 0. The topological polar surface area (TPSA) is 46.3 Å². The third-order valence-corrected chi connectivity index (χ3v) is 3.59. The van der Waals surface area contributed by atoms with Gasteiger partial charge < -0.3 is 10.6 Å². The third kappa shape index (κ3) is 2.60. The van der Waals surface area contributed by atoms with Crippen LogP contribution in [-0.2, 0) is 0 Å². The zero-order valence-electron chi connectivity index (χ0n) is 10.3. The number of aryl methyl sites for hydroxylation is 1. The second-order valence-corrected chi connectivity index (χ2v) is 4.96. The van der Waals surface area contributed by atoms with Crippen molar-refractivity contribution in [1.82, 2.24) is 0 Å². The molecule has 0 unspecified atom stereocenters. The molecule has 2 N–H and O–H groups in total. The van der Waals surface area contributed by atoms with Crippen molar-refractivity contribution in [3.05, 3.63) is 52.2 Å². The van der Waals surface area contributed by atoms with Crippen molar-refractivity contribution in [3.63, 3.8) is 0 Å². The summed E-state index contributed by atoms with van der Waals surface area (Å²) in [5.74, 6) is 0.0183. The average molecular weight is 260 g/mol. The number of anilines is 1. The molecule has 2 rings (SSSR count). The number of hydrogen-bond acceptors (Lipinski definition) is 3. The van der Waals surface area contributed by atoms with Gasteiger partial charge in [-0.25, -0.2) is 0 Å². The van der Waals surface area contributed by atoms with Crippen LogP contribution in [-0.4, -0.2) is 19.0 Å². The molecule has 1 heterocycles. The van der Waals surface area contributed by atoms with E-state index in [0.29, 0.717) is 13.1 Å². The first-order chi connectivity index (χ1) is 8.74. The van der Waals surface area contributed by atoms with Gasteiger partial charge in [-0.1, -0.05) is 24.3 Å². The standard InChI is InChI=1S/C14H16N2OS/c1-11-5-2-3-6-12(11)16(9-8-15)14(17)13-7-4-10-18-13/h2-7,10H,8-9,15H2,1H3. The Bertz CT molecular complexity index is 522. The van der Waals surface area contributed by atoms with Crippen molar-refractivity contribution >= 4 is 22.9 Å². The number of hydrogen-bond donors (Lipinski definition) is 1. The molecule has 1 amide bonds. The molecule has 0 aliphatic carbocycles. The fourth-order valence-corrected chi connectivity index (χ4v) is 2.53. The van der Waals surface area contributed by atoms with Crippen molar-refractivity contribution in [1.29, 1.82) is 0 Å². The number of carbonyl (C=O) groups is 1.